The van der Waals surface area contributed by atoms with Crippen molar-refractivity contribution in [2.24, 2.45) is 0 Å². The van der Waals surface area contributed by atoms with Crippen molar-refractivity contribution in [2.45, 2.75) is 13.8 Å². The molecular formula is C9H14N4O. The highest BCUT2D eigenvalue weighted by molar-refractivity contribution is 5.80. The highest BCUT2D eigenvalue weighted by Gasteiger charge is 1.98. The Morgan fingerprint density at radius 3 is 2.57 bits per heavy atom. The summed E-state index contributed by atoms with van der Waals surface area (Å²) >= 11 is 0. The van der Waals surface area contributed by atoms with Gasteiger partial charge < -0.3 is 10.6 Å². The first-order valence-electron chi connectivity index (χ1n) is 4.51. The maximum atomic E-state index is 10.7. The number of anilines is 2. The second-order valence-electron chi connectivity index (χ2n) is 2.87. The molecule has 0 spiro atoms. The van der Waals surface area contributed by atoms with E-state index in [2.05, 4.69) is 20.6 Å². The van der Waals surface area contributed by atoms with Gasteiger partial charge in [0, 0.05) is 12.6 Å². The van der Waals surface area contributed by atoms with Gasteiger partial charge in [0.1, 0.15) is 23.7 Å². The maximum Gasteiger partial charge on any atom is 0.148 e. The standard InChI is InChI=1S/C9H14N4O/c1-3-10-8-4-9(13-6-12-8)11-5-7(2)14/h4,6H,3,5H2,1-2H3,(H2,10,11,12,13). The number of hydrogen-bond donors (Lipinski definition) is 2. The van der Waals surface area contributed by atoms with Gasteiger partial charge in [-0.3, -0.25) is 4.79 Å². The zero-order valence-corrected chi connectivity index (χ0v) is 8.37. The van der Waals surface area contributed by atoms with Crippen LogP contribution in [0.4, 0.5) is 11.6 Å². The number of nitrogens with zero attached hydrogens (tertiary/aromatic N) is 2. The van der Waals surface area contributed by atoms with E-state index in [0.717, 1.165) is 12.4 Å². The first kappa shape index (κ1) is 10.4. The van der Waals surface area contributed by atoms with Crippen LogP contribution in [0.1, 0.15) is 13.8 Å². The van der Waals surface area contributed by atoms with Crippen molar-refractivity contribution in [3.05, 3.63) is 12.4 Å². The summed E-state index contributed by atoms with van der Waals surface area (Å²) in [7, 11) is 0. The molecule has 0 aliphatic heterocycles. The van der Waals surface area contributed by atoms with Crippen LogP contribution >= 0.6 is 0 Å². The van der Waals surface area contributed by atoms with Gasteiger partial charge in [-0.15, -0.1) is 0 Å². The summed E-state index contributed by atoms with van der Waals surface area (Å²) in [5.41, 5.74) is 0. The number of Topliss-reactive ketones (excluding diaryl/α,β-unsaturated/α-hetero) is 1. The third-order valence-electron chi connectivity index (χ3n) is 1.54. The summed E-state index contributed by atoms with van der Waals surface area (Å²) < 4.78 is 0. The molecule has 0 fully saturated rings. The first-order chi connectivity index (χ1) is 6.72. The summed E-state index contributed by atoms with van der Waals surface area (Å²) in [6.45, 7) is 4.62. The minimum atomic E-state index is 0.0774. The van der Waals surface area contributed by atoms with Gasteiger partial charge in [-0.05, 0) is 13.8 Å². The number of aromatic nitrogens is 2. The minimum Gasteiger partial charge on any atom is -0.370 e. The van der Waals surface area contributed by atoms with Crippen LogP contribution < -0.4 is 10.6 Å². The van der Waals surface area contributed by atoms with E-state index >= 15 is 0 Å². The highest BCUT2D eigenvalue weighted by atomic mass is 16.1. The molecule has 0 atom stereocenters. The number of carbonyl (C=O) groups excluding carboxylic acids is 1. The molecule has 0 bridgehead atoms. The largest absolute Gasteiger partial charge is 0.370 e. The molecule has 0 aromatic carbocycles. The van der Waals surface area contributed by atoms with E-state index in [0.29, 0.717) is 12.4 Å². The average Bonchev–Trinajstić information content (AvgIpc) is 2.16. The van der Waals surface area contributed by atoms with E-state index in [1.54, 1.807) is 6.07 Å². The molecular weight excluding hydrogens is 180 g/mol. The van der Waals surface area contributed by atoms with Crippen molar-refractivity contribution < 1.29 is 4.79 Å². The molecule has 1 aromatic heterocycles. The Morgan fingerprint density at radius 2 is 2.00 bits per heavy atom. The molecule has 0 unspecified atom stereocenters. The van der Waals surface area contributed by atoms with Crippen LogP contribution in [-0.2, 0) is 4.79 Å². The van der Waals surface area contributed by atoms with Gasteiger partial charge in [0.2, 0.25) is 0 Å². The lowest BCUT2D eigenvalue weighted by Gasteiger charge is -2.05. The topological polar surface area (TPSA) is 66.9 Å². The van der Waals surface area contributed by atoms with Crippen LogP contribution in [-0.4, -0.2) is 28.8 Å². The highest BCUT2D eigenvalue weighted by Crippen LogP contribution is 2.07. The fraction of sp³-hybridized carbons (Fsp3) is 0.444. The SMILES string of the molecule is CCNc1cc(NCC(C)=O)ncn1. The summed E-state index contributed by atoms with van der Waals surface area (Å²) in [6.07, 6.45) is 1.46. The third kappa shape index (κ3) is 3.38. The quantitative estimate of drug-likeness (QED) is 0.729. The van der Waals surface area contributed by atoms with Gasteiger partial charge >= 0.3 is 0 Å². The molecule has 0 aliphatic carbocycles. The minimum absolute atomic E-state index is 0.0774. The van der Waals surface area contributed by atoms with Gasteiger partial charge in [-0.2, -0.15) is 0 Å². The molecule has 0 radical (unpaired) electrons. The van der Waals surface area contributed by atoms with Crippen molar-refractivity contribution >= 4 is 17.4 Å². The van der Waals surface area contributed by atoms with E-state index in [-0.39, 0.29) is 5.78 Å². The van der Waals surface area contributed by atoms with Crippen LogP contribution in [0.5, 0.6) is 0 Å². The van der Waals surface area contributed by atoms with Gasteiger partial charge in [-0.25, -0.2) is 9.97 Å². The molecule has 1 aromatic rings. The number of ketones is 1. The van der Waals surface area contributed by atoms with Crippen LogP contribution in [0.2, 0.25) is 0 Å². The predicted molar refractivity (Wildman–Crippen MR) is 55.4 cm³/mol. The predicted octanol–water partition coefficient (Wildman–Crippen LogP) is 0.909. The molecule has 0 aliphatic rings. The van der Waals surface area contributed by atoms with Crippen molar-refractivity contribution in [2.75, 3.05) is 23.7 Å². The summed E-state index contributed by atoms with van der Waals surface area (Å²) in [5, 5.41) is 5.96. The molecule has 0 saturated carbocycles. The zero-order valence-electron chi connectivity index (χ0n) is 8.37. The maximum absolute atomic E-state index is 10.7. The Labute approximate surface area is 83.0 Å². The molecule has 0 amide bonds. The zero-order chi connectivity index (χ0) is 10.4. The van der Waals surface area contributed by atoms with E-state index in [1.807, 2.05) is 6.92 Å². The second-order valence-corrected chi connectivity index (χ2v) is 2.87. The third-order valence-corrected chi connectivity index (χ3v) is 1.54. The van der Waals surface area contributed by atoms with E-state index in [1.165, 1.54) is 13.3 Å². The van der Waals surface area contributed by atoms with Crippen LogP contribution in [0.15, 0.2) is 12.4 Å². The van der Waals surface area contributed by atoms with Crippen LogP contribution in [0.3, 0.4) is 0 Å². The first-order valence-corrected chi connectivity index (χ1v) is 4.51. The van der Waals surface area contributed by atoms with E-state index in [9.17, 15) is 4.79 Å². The number of nitrogens with one attached hydrogen (secondary N) is 2. The van der Waals surface area contributed by atoms with Crippen LogP contribution in [0, 0.1) is 0 Å². The Hall–Kier alpha value is -1.65. The normalized spacial score (nSPS) is 9.57. The second kappa shape index (κ2) is 5.16. The molecule has 14 heavy (non-hydrogen) atoms. The molecule has 76 valence electrons. The lowest BCUT2D eigenvalue weighted by molar-refractivity contribution is -0.115. The lowest BCUT2D eigenvalue weighted by atomic mass is 10.4. The van der Waals surface area contributed by atoms with Gasteiger partial charge in [0.05, 0.1) is 6.54 Å². The average molecular weight is 194 g/mol. The number of hydrogen-bond acceptors (Lipinski definition) is 5. The molecule has 0 saturated heterocycles. The molecule has 5 nitrogen and oxygen atoms in total. The summed E-state index contributed by atoms with van der Waals surface area (Å²) in [6, 6.07) is 1.77. The Bertz CT molecular complexity index is 313. The van der Waals surface area contributed by atoms with Gasteiger partial charge in [0.15, 0.2) is 0 Å². The number of carbonyl (C=O) groups is 1. The monoisotopic (exact) mass is 194 g/mol. The van der Waals surface area contributed by atoms with Crippen LogP contribution in [0.25, 0.3) is 0 Å². The van der Waals surface area contributed by atoms with Crippen molar-refractivity contribution in [3.8, 4) is 0 Å². The fourth-order valence-corrected chi connectivity index (χ4v) is 0.947. The molecule has 2 N–H and O–H groups in total. The van der Waals surface area contributed by atoms with E-state index in [4.69, 9.17) is 0 Å². The molecule has 1 heterocycles. The Morgan fingerprint density at radius 1 is 1.36 bits per heavy atom. The smallest absolute Gasteiger partial charge is 0.148 e. The molecule has 5 heteroatoms. The van der Waals surface area contributed by atoms with E-state index < -0.39 is 0 Å². The van der Waals surface area contributed by atoms with Crippen molar-refractivity contribution in [1.82, 2.24) is 9.97 Å². The van der Waals surface area contributed by atoms with Gasteiger partial charge in [-0.1, -0.05) is 0 Å². The summed E-state index contributed by atoms with van der Waals surface area (Å²) in [5.74, 6) is 1.49. The summed E-state index contributed by atoms with van der Waals surface area (Å²) in [4.78, 5) is 18.7. The lowest BCUT2D eigenvalue weighted by Crippen LogP contribution is -2.11. The number of rotatable bonds is 5. The Kier molecular flexibility index (Phi) is 3.84. The molecule has 1 rings (SSSR count). The fourth-order valence-electron chi connectivity index (χ4n) is 0.947. The van der Waals surface area contributed by atoms with Gasteiger partial charge in [0.25, 0.3) is 0 Å². The van der Waals surface area contributed by atoms with Crippen molar-refractivity contribution in [1.29, 1.82) is 0 Å². The Balaban J connectivity index is 2.58. The van der Waals surface area contributed by atoms with Crippen molar-refractivity contribution in [3.63, 3.8) is 0 Å².